The van der Waals surface area contributed by atoms with E-state index >= 15 is 0 Å². The van der Waals surface area contributed by atoms with Crippen molar-refractivity contribution in [2.24, 2.45) is 0 Å². The number of aliphatic hydroxyl groups is 1. The lowest BCUT2D eigenvalue weighted by atomic mass is 9.80. The van der Waals surface area contributed by atoms with Gasteiger partial charge in [0.05, 0.1) is 51.8 Å². The zero-order valence-corrected chi connectivity index (χ0v) is 35.5. The molecule has 1 fully saturated rings. The van der Waals surface area contributed by atoms with Gasteiger partial charge in [0.25, 0.3) is 0 Å². The van der Waals surface area contributed by atoms with Crippen molar-refractivity contribution >= 4 is 0 Å². The van der Waals surface area contributed by atoms with Gasteiger partial charge >= 0.3 is 0 Å². The van der Waals surface area contributed by atoms with Gasteiger partial charge in [-0.2, -0.15) is 0 Å². The number of rotatable bonds is 21. The van der Waals surface area contributed by atoms with E-state index in [9.17, 15) is 5.11 Å². The lowest BCUT2D eigenvalue weighted by Gasteiger charge is -2.47. The molecule has 0 bridgehead atoms. The average molecular weight is 841 g/mol. The molecule has 1 heterocycles. The predicted octanol–water partition coefficient (Wildman–Crippen LogP) is 10.5. The Kier molecular flexibility index (Phi) is 15.7. The summed E-state index contributed by atoms with van der Waals surface area (Å²) in [6.07, 6.45) is -3.80. The van der Waals surface area contributed by atoms with Crippen LogP contribution in [0.1, 0.15) is 45.4 Å². The largest absolute Gasteiger partial charge is 0.391 e. The Hall–Kier alpha value is -5.74. The Bertz CT molecular complexity index is 2220. The van der Waals surface area contributed by atoms with Crippen molar-refractivity contribution in [3.8, 4) is 0 Å². The van der Waals surface area contributed by atoms with Gasteiger partial charge in [0, 0.05) is 6.42 Å². The maximum Gasteiger partial charge on any atom is 0.143 e. The van der Waals surface area contributed by atoms with Crippen LogP contribution in [0.15, 0.2) is 212 Å². The normalized spacial score (nSPS) is 19.3. The SMILES string of the molecule is O[C@H](COC(c1ccccc1)(c1ccccc1)c1ccccc1)C[C@H]1OC(COCc2ccccc2)[C@@H](OCc2ccccc2)C(OCc2ccccc2)C1OCc1ccccc1. The van der Waals surface area contributed by atoms with Crippen LogP contribution in [0.4, 0.5) is 0 Å². The molecule has 6 atom stereocenters. The fourth-order valence-electron chi connectivity index (χ4n) is 8.40. The van der Waals surface area contributed by atoms with E-state index in [4.69, 9.17) is 28.4 Å². The van der Waals surface area contributed by atoms with Crippen LogP contribution in [-0.4, -0.2) is 54.9 Å². The molecule has 8 rings (SSSR count). The summed E-state index contributed by atoms with van der Waals surface area (Å²) in [5, 5.41) is 12.3. The molecule has 0 spiro atoms. The summed E-state index contributed by atoms with van der Waals surface area (Å²) in [4.78, 5) is 0. The van der Waals surface area contributed by atoms with E-state index < -0.39 is 42.2 Å². The van der Waals surface area contributed by atoms with E-state index in [1.165, 1.54) is 0 Å². The first kappa shape index (κ1) is 43.9. The van der Waals surface area contributed by atoms with Crippen molar-refractivity contribution < 1.29 is 33.5 Å². The fraction of sp³-hybridized carbons (Fsp3) is 0.250. The fourth-order valence-corrected chi connectivity index (χ4v) is 8.40. The van der Waals surface area contributed by atoms with E-state index in [0.717, 1.165) is 38.9 Å². The van der Waals surface area contributed by atoms with E-state index in [-0.39, 0.29) is 19.6 Å². The molecule has 7 nitrogen and oxygen atoms in total. The summed E-state index contributed by atoms with van der Waals surface area (Å²) in [6, 6.07) is 71.0. The number of hydrogen-bond acceptors (Lipinski definition) is 7. The Morgan fingerprint density at radius 1 is 0.413 bits per heavy atom. The molecule has 0 aromatic heterocycles. The Morgan fingerprint density at radius 3 is 1.14 bits per heavy atom. The van der Waals surface area contributed by atoms with E-state index in [1.807, 2.05) is 164 Å². The van der Waals surface area contributed by atoms with Crippen LogP contribution >= 0.6 is 0 Å². The molecule has 0 aliphatic carbocycles. The molecule has 7 aromatic rings. The molecular weight excluding hydrogens is 785 g/mol. The lowest BCUT2D eigenvalue weighted by molar-refractivity contribution is -0.277. The second-order valence-electron chi connectivity index (χ2n) is 16.0. The summed E-state index contributed by atoms with van der Waals surface area (Å²) >= 11 is 0. The quantitative estimate of drug-likeness (QED) is 0.0723. The maximum absolute atomic E-state index is 12.3. The summed E-state index contributed by atoms with van der Waals surface area (Å²) in [6.45, 7) is 1.60. The standard InChI is InChI=1S/C56H56O7/c57-50(41-62-56(47-30-16-5-17-31-47,48-32-18-6-19-33-48)49-34-20-7-21-35-49)36-51-53(59-38-44-24-10-2-11-25-44)55(61-40-46-28-14-4-15-29-46)54(60-39-45-26-12-3-13-27-45)52(63-51)42-58-37-43-22-8-1-9-23-43/h1-35,50-55,57H,36-42H2/t50-,51+,52?,53?,54+,55?/m0/s1. The molecule has 7 aromatic carbocycles. The van der Waals surface area contributed by atoms with Crippen molar-refractivity contribution in [3.63, 3.8) is 0 Å². The van der Waals surface area contributed by atoms with E-state index in [2.05, 4.69) is 48.5 Å². The summed E-state index contributed by atoms with van der Waals surface area (Å²) in [5.41, 5.74) is 5.97. The van der Waals surface area contributed by atoms with Crippen LogP contribution in [0.3, 0.4) is 0 Å². The van der Waals surface area contributed by atoms with Gasteiger partial charge in [-0.25, -0.2) is 0 Å². The van der Waals surface area contributed by atoms with Crippen LogP contribution in [-0.2, 0) is 60.4 Å². The minimum atomic E-state index is -1.01. The minimum absolute atomic E-state index is 0.00258. The van der Waals surface area contributed by atoms with Crippen LogP contribution in [0.25, 0.3) is 0 Å². The van der Waals surface area contributed by atoms with Gasteiger partial charge in [-0.3, -0.25) is 0 Å². The van der Waals surface area contributed by atoms with E-state index in [0.29, 0.717) is 26.4 Å². The molecule has 1 N–H and O–H groups in total. The monoisotopic (exact) mass is 840 g/mol. The number of ether oxygens (including phenoxy) is 6. The molecule has 0 amide bonds. The van der Waals surface area contributed by atoms with E-state index in [1.54, 1.807) is 0 Å². The smallest absolute Gasteiger partial charge is 0.143 e. The number of benzene rings is 7. The third kappa shape index (κ3) is 11.6. The first-order valence-electron chi connectivity index (χ1n) is 21.9. The third-order valence-corrected chi connectivity index (χ3v) is 11.5. The average Bonchev–Trinajstić information content (AvgIpc) is 3.35. The van der Waals surface area contributed by atoms with Gasteiger partial charge in [-0.05, 0) is 38.9 Å². The first-order chi connectivity index (χ1) is 31.2. The van der Waals surface area contributed by atoms with Gasteiger partial charge in [0.1, 0.15) is 30.0 Å². The van der Waals surface area contributed by atoms with Crippen LogP contribution in [0, 0.1) is 0 Å². The van der Waals surface area contributed by atoms with Crippen molar-refractivity contribution in [1.82, 2.24) is 0 Å². The third-order valence-electron chi connectivity index (χ3n) is 11.5. The molecule has 1 aliphatic heterocycles. The summed E-state index contributed by atoms with van der Waals surface area (Å²) in [7, 11) is 0. The molecule has 1 saturated heterocycles. The zero-order chi connectivity index (χ0) is 42.9. The molecule has 3 unspecified atom stereocenters. The maximum atomic E-state index is 12.3. The van der Waals surface area contributed by atoms with Crippen molar-refractivity contribution in [2.75, 3.05) is 13.2 Å². The molecule has 0 radical (unpaired) electrons. The van der Waals surface area contributed by atoms with Gasteiger partial charge in [-0.15, -0.1) is 0 Å². The van der Waals surface area contributed by atoms with Crippen molar-refractivity contribution in [1.29, 1.82) is 0 Å². The highest BCUT2D eigenvalue weighted by Crippen LogP contribution is 2.41. The van der Waals surface area contributed by atoms with Crippen LogP contribution in [0.5, 0.6) is 0 Å². The van der Waals surface area contributed by atoms with Gasteiger partial charge in [0.2, 0.25) is 0 Å². The molecule has 63 heavy (non-hydrogen) atoms. The topological polar surface area (TPSA) is 75.6 Å². The summed E-state index contributed by atoms with van der Waals surface area (Å²) in [5.74, 6) is 0. The molecular formula is C56H56O7. The highest BCUT2D eigenvalue weighted by Gasteiger charge is 2.49. The predicted molar refractivity (Wildman–Crippen MR) is 246 cm³/mol. The Morgan fingerprint density at radius 2 is 0.746 bits per heavy atom. The minimum Gasteiger partial charge on any atom is -0.391 e. The van der Waals surface area contributed by atoms with Gasteiger partial charge in [-0.1, -0.05) is 212 Å². The summed E-state index contributed by atoms with van der Waals surface area (Å²) < 4.78 is 41.4. The van der Waals surface area contributed by atoms with Gasteiger partial charge in [0.15, 0.2) is 0 Å². The molecule has 1 aliphatic rings. The molecule has 322 valence electrons. The molecule has 7 heteroatoms. The van der Waals surface area contributed by atoms with Crippen LogP contribution < -0.4 is 0 Å². The molecule has 0 saturated carbocycles. The lowest BCUT2D eigenvalue weighted by Crippen LogP contribution is -2.61. The highest BCUT2D eigenvalue weighted by atomic mass is 16.6. The number of hydrogen-bond donors (Lipinski definition) is 1. The zero-order valence-electron chi connectivity index (χ0n) is 35.5. The van der Waals surface area contributed by atoms with Gasteiger partial charge < -0.3 is 33.5 Å². The van der Waals surface area contributed by atoms with Crippen molar-refractivity contribution in [3.05, 3.63) is 251 Å². The Balaban J connectivity index is 1.12. The number of aliphatic hydroxyl groups excluding tert-OH is 1. The Labute approximate surface area is 371 Å². The first-order valence-corrected chi connectivity index (χ1v) is 21.9. The highest BCUT2D eigenvalue weighted by molar-refractivity contribution is 5.47. The van der Waals surface area contributed by atoms with Crippen molar-refractivity contribution in [2.45, 2.75) is 75.1 Å². The second kappa shape index (κ2) is 22.6. The second-order valence-corrected chi connectivity index (χ2v) is 16.0. The van der Waals surface area contributed by atoms with Crippen LogP contribution in [0.2, 0.25) is 0 Å².